The molecule has 1 aliphatic rings. The van der Waals surface area contributed by atoms with E-state index in [9.17, 15) is 29.7 Å². The Bertz CT molecular complexity index is 853. The first-order valence-corrected chi connectivity index (χ1v) is 9.50. The van der Waals surface area contributed by atoms with Crippen LogP contribution in [0.15, 0.2) is 15.8 Å². The number of hydrogen-bond acceptors (Lipinski definition) is 8. The fourth-order valence-corrected chi connectivity index (χ4v) is 3.31. The molecule has 0 bridgehead atoms. The van der Waals surface area contributed by atoms with Gasteiger partial charge in [-0.05, 0) is 26.7 Å². The summed E-state index contributed by atoms with van der Waals surface area (Å²) in [5, 5.41) is 29.4. The van der Waals surface area contributed by atoms with Crippen LogP contribution in [0.3, 0.4) is 0 Å². The number of carbonyl (C=O) groups excluding carboxylic acids is 1. The van der Waals surface area contributed by atoms with Gasteiger partial charge in [-0.25, -0.2) is 4.79 Å². The van der Waals surface area contributed by atoms with Crippen molar-refractivity contribution in [1.29, 1.82) is 0 Å². The fraction of sp³-hybridized carbons (Fsp3) is 0.737. The van der Waals surface area contributed by atoms with Crippen LogP contribution in [-0.4, -0.2) is 60.9 Å². The summed E-state index contributed by atoms with van der Waals surface area (Å²) in [6.45, 7) is 6.41. The number of nitrogens with zero attached hydrogens (tertiary/aromatic N) is 2. The molecule has 1 aromatic rings. The van der Waals surface area contributed by atoms with Gasteiger partial charge in [0.25, 0.3) is 5.56 Å². The summed E-state index contributed by atoms with van der Waals surface area (Å²) in [6, 6.07) is 0. The Morgan fingerprint density at radius 1 is 1.28 bits per heavy atom. The van der Waals surface area contributed by atoms with Gasteiger partial charge in [0.15, 0.2) is 0 Å². The van der Waals surface area contributed by atoms with Crippen LogP contribution >= 0.6 is 0 Å². The average molecular weight is 414 g/mol. The predicted molar refractivity (Wildman–Crippen MR) is 102 cm³/mol. The van der Waals surface area contributed by atoms with E-state index >= 15 is 0 Å². The molecule has 10 heteroatoms. The third kappa shape index (κ3) is 5.33. The van der Waals surface area contributed by atoms with Crippen LogP contribution in [0.2, 0.25) is 0 Å². The molecule has 3 N–H and O–H groups in total. The zero-order valence-electron chi connectivity index (χ0n) is 17.4. The van der Waals surface area contributed by atoms with Gasteiger partial charge in [0, 0.05) is 26.2 Å². The minimum absolute atomic E-state index is 0.0148. The lowest BCUT2D eigenvalue weighted by molar-refractivity contribution is -0.155. The van der Waals surface area contributed by atoms with E-state index < -0.39 is 53.8 Å². The molecule has 164 valence electrons. The first-order chi connectivity index (χ1) is 13.4. The van der Waals surface area contributed by atoms with Crippen molar-refractivity contribution in [2.24, 2.45) is 13.0 Å². The lowest BCUT2D eigenvalue weighted by Crippen LogP contribution is -2.43. The average Bonchev–Trinajstić information content (AvgIpc) is 2.88. The fourth-order valence-electron chi connectivity index (χ4n) is 3.31. The molecule has 0 aromatic carbocycles. The van der Waals surface area contributed by atoms with Gasteiger partial charge in [-0.1, -0.05) is 6.92 Å². The minimum Gasteiger partial charge on any atom is -0.460 e. The molecule has 1 aliphatic heterocycles. The highest BCUT2D eigenvalue weighted by atomic mass is 16.6. The first kappa shape index (κ1) is 23.3. The Hall–Kier alpha value is -2.01. The maximum atomic E-state index is 12.9. The summed E-state index contributed by atoms with van der Waals surface area (Å²) in [7, 11) is 1.45. The molecule has 1 unspecified atom stereocenters. The summed E-state index contributed by atoms with van der Waals surface area (Å²) in [5.41, 5.74) is -1.91. The molecule has 1 saturated heterocycles. The number of carbonyl (C=O) groups is 1. The van der Waals surface area contributed by atoms with E-state index in [1.54, 1.807) is 27.7 Å². The number of aliphatic hydroxyl groups excluding tert-OH is 3. The van der Waals surface area contributed by atoms with Gasteiger partial charge in [0.1, 0.15) is 30.0 Å². The number of rotatable bonds is 6. The maximum absolute atomic E-state index is 12.9. The molecular weight excluding hydrogens is 384 g/mol. The predicted octanol–water partition coefficient (Wildman–Crippen LogP) is -0.931. The van der Waals surface area contributed by atoms with Gasteiger partial charge in [0.05, 0.1) is 12.2 Å². The molecule has 1 fully saturated rings. The normalized spacial score (nSPS) is 25.8. The lowest BCUT2D eigenvalue weighted by Gasteiger charge is -2.21. The highest BCUT2D eigenvalue weighted by Crippen LogP contribution is 2.31. The number of esters is 1. The van der Waals surface area contributed by atoms with Gasteiger partial charge >= 0.3 is 11.7 Å². The summed E-state index contributed by atoms with van der Waals surface area (Å²) >= 11 is 0. The molecule has 0 saturated carbocycles. The Labute approximate surface area is 168 Å². The smallest absolute Gasteiger partial charge is 0.330 e. The van der Waals surface area contributed by atoms with Crippen LogP contribution in [0.4, 0.5) is 0 Å². The number of aliphatic hydroxyl groups is 3. The van der Waals surface area contributed by atoms with Gasteiger partial charge in [-0.3, -0.25) is 14.2 Å². The highest BCUT2D eigenvalue weighted by molar-refractivity contribution is 5.70. The zero-order valence-corrected chi connectivity index (χ0v) is 17.4. The van der Waals surface area contributed by atoms with Crippen LogP contribution in [0.5, 0.6) is 0 Å². The second-order valence-electron chi connectivity index (χ2n) is 8.55. The van der Waals surface area contributed by atoms with Gasteiger partial charge in [0.2, 0.25) is 0 Å². The highest BCUT2D eigenvalue weighted by Gasteiger charge is 2.44. The van der Waals surface area contributed by atoms with E-state index in [2.05, 4.69) is 0 Å². The van der Waals surface area contributed by atoms with Crippen molar-refractivity contribution in [3.8, 4) is 0 Å². The topological polar surface area (TPSA) is 140 Å². The SMILES string of the molecule is C[C@@H](CC(=O)OC(C)(C)C)Cn1c(=O)c([C@@H]2O[C@H](CO)[C@H](O)C2O)cn(C)c1=O. The second-order valence-corrected chi connectivity index (χ2v) is 8.55. The number of ether oxygens (including phenoxy) is 2. The maximum Gasteiger partial charge on any atom is 0.330 e. The van der Waals surface area contributed by atoms with Crippen LogP contribution in [0, 0.1) is 5.92 Å². The Balaban J connectivity index is 2.29. The van der Waals surface area contributed by atoms with E-state index in [0.29, 0.717) is 0 Å². The second kappa shape index (κ2) is 8.78. The van der Waals surface area contributed by atoms with Crippen LogP contribution in [0.1, 0.15) is 45.8 Å². The number of aryl methyl sites for hydroxylation is 1. The summed E-state index contributed by atoms with van der Waals surface area (Å²) in [4.78, 5) is 37.4. The monoisotopic (exact) mass is 414 g/mol. The molecule has 0 spiro atoms. The summed E-state index contributed by atoms with van der Waals surface area (Å²) in [5.74, 6) is -0.801. The molecule has 0 aliphatic carbocycles. The zero-order chi connectivity index (χ0) is 22.1. The van der Waals surface area contributed by atoms with E-state index in [1.807, 2.05) is 0 Å². The Morgan fingerprint density at radius 2 is 1.90 bits per heavy atom. The molecule has 10 nitrogen and oxygen atoms in total. The van der Waals surface area contributed by atoms with E-state index in [4.69, 9.17) is 9.47 Å². The first-order valence-electron chi connectivity index (χ1n) is 9.50. The third-order valence-electron chi connectivity index (χ3n) is 4.64. The van der Waals surface area contributed by atoms with Crippen LogP contribution in [0.25, 0.3) is 0 Å². The quantitative estimate of drug-likeness (QED) is 0.507. The summed E-state index contributed by atoms with van der Waals surface area (Å²) < 4.78 is 12.8. The Morgan fingerprint density at radius 3 is 2.41 bits per heavy atom. The molecule has 1 aromatic heterocycles. The molecular formula is C19H30N2O8. The number of aromatic nitrogens is 2. The lowest BCUT2D eigenvalue weighted by atomic mass is 10.0. The standard InChI is InChI=1S/C19H30N2O8/c1-10(6-13(23)29-19(2,3)4)7-21-17(26)11(8-20(5)18(21)27)16-15(25)14(24)12(9-22)28-16/h8,10,12,14-16,22,24-25H,6-7,9H2,1-5H3/t10-,12+,14-,15?,16-/m0/s1. The van der Waals surface area contributed by atoms with Crippen LogP contribution in [-0.2, 0) is 27.9 Å². The Kier molecular flexibility index (Phi) is 7.05. The van der Waals surface area contributed by atoms with Crippen molar-refractivity contribution in [3.63, 3.8) is 0 Å². The summed E-state index contributed by atoms with van der Waals surface area (Å²) in [6.07, 6.45) is -3.74. The van der Waals surface area contributed by atoms with Crippen molar-refractivity contribution < 1.29 is 29.6 Å². The third-order valence-corrected chi connectivity index (χ3v) is 4.64. The number of hydrogen-bond donors (Lipinski definition) is 3. The van der Waals surface area contributed by atoms with Crippen molar-refractivity contribution in [3.05, 3.63) is 32.6 Å². The minimum atomic E-state index is -1.43. The van der Waals surface area contributed by atoms with E-state index in [0.717, 1.165) is 4.57 Å². The molecule has 0 amide bonds. The molecule has 0 radical (unpaired) electrons. The van der Waals surface area contributed by atoms with E-state index in [1.165, 1.54) is 17.8 Å². The van der Waals surface area contributed by atoms with Gasteiger partial charge < -0.3 is 29.4 Å². The van der Waals surface area contributed by atoms with Crippen molar-refractivity contribution in [2.45, 2.75) is 70.7 Å². The largest absolute Gasteiger partial charge is 0.460 e. The molecule has 2 heterocycles. The van der Waals surface area contributed by atoms with Crippen molar-refractivity contribution >= 4 is 5.97 Å². The van der Waals surface area contributed by atoms with Gasteiger partial charge in [-0.2, -0.15) is 0 Å². The van der Waals surface area contributed by atoms with Crippen LogP contribution < -0.4 is 11.2 Å². The molecule has 5 atom stereocenters. The van der Waals surface area contributed by atoms with Crippen molar-refractivity contribution in [2.75, 3.05) is 6.61 Å². The van der Waals surface area contributed by atoms with E-state index in [-0.39, 0.29) is 24.4 Å². The van der Waals surface area contributed by atoms with Crippen molar-refractivity contribution in [1.82, 2.24) is 9.13 Å². The van der Waals surface area contributed by atoms with Gasteiger partial charge in [-0.15, -0.1) is 0 Å². The molecule has 29 heavy (non-hydrogen) atoms. The molecule has 2 rings (SSSR count).